The monoisotopic (exact) mass is 1010 g/mol. The minimum absolute atomic E-state index is 0.102. The van der Waals surface area contributed by atoms with Gasteiger partial charge in [-0.1, -0.05) is 72.8 Å². The van der Waals surface area contributed by atoms with Gasteiger partial charge in [0.1, 0.15) is 23.0 Å². The van der Waals surface area contributed by atoms with E-state index in [2.05, 4.69) is 33.0 Å². The van der Waals surface area contributed by atoms with E-state index in [-0.39, 0.29) is 36.5 Å². The summed E-state index contributed by atoms with van der Waals surface area (Å²) in [5.74, 6) is -0.0371. The zero-order valence-corrected chi connectivity index (χ0v) is 42.6. The summed E-state index contributed by atoms with van der Waals surface area (Å²) >= 11 is 0. The maximum atomic E-state index is 15.0. The van der Waals surface area contributed by atoms with Gasteiger partial charge < -0.3 is 22.1 Å². The average Bonchev–Trinajstić information content (AvgIpc) is 4.38. The Hall–Kier alpha value is -8.24. The van der Waals surface area contributed by atoms with Gasteiger partial charge in [0.25, 0.3) is 0 Å². The Kier molecular flexibility index (Phi) is 16.6. The highest BCUT2D eigenvalue weighted by atomic mass is 19.1. The number of ketones is 2. The normalized spacial score (nSPS) is 13.7. The molecule has 0 aliphatic heterocycles. The van der Waals surface area contributed by atoms with E-state index in [1.54, 1.807) is 57.9 Å². The molecule has 2 aliphatic carbocycles. The van der Waals surface area contributed by atoms with Gasteiger partial charge in [0.05, 0.1) is 58.1 Å². The number of nitrogens with one attached hydrogen (secondary N) is 2. The number of carbonyl (C=O) groups excluding carboxylic acids is 2. The van der Waals surface area contributed by atoms with E-state index in [1.165, 1.54) is 37.8 Å². The molecule has 14 heteroatoms. The molecule has 2 aromatic heterocycles. The van der Waals surface area contributed by atoms with E-state index >= 15 is 8.78 Å². The molecule has 0 radical (unpaired) electrons. The van der Waals surface area contributed by atoms with Crippen molar-refractivity contribution in [2.24, 2.45) is 23.3 Å². The molecule has 2 atom stereocenters. The van der Waals surface area contributed by atoms with Crippen molar-refractivity contribution >= 4 is 11.6 Å². The number of hydrogen-bond acceptors (Lipinski definition) is 10. The van der Waals surface area contributed by atoms with Gasteiger partial charge in [0, 0.05) is 25.9 Å². The summed E-state index contributed by atoms with van der Waals surface area (Å²) in [6.45, 7) is 6.09. The Morgan fingerprint density at radius 1 is 0.566 bits per heavy atom. The third-order valence-corrected chi connectivity index (χ3v) is 13.8. The molecule has 76 heavy (non-hydrogen) atoms. The van der Waals surface area contributed by atoms with Crippen molar-refractivity contribution in [2.45, 2.75) is 77.5 Å². The van der Waals surface area contributed by atoms with Crippen molar-refractivity contribution in [1.82, 2.24) is 30.2 Å². The Labute approximate surface area is 442 Å². The van der Waals surface area contributed by atoms with Crippen LogP contribution in [0.5, 0.6) is 0 Å². The van der Waals surface area contributed by atoms with Gasteiger partial charge in [0.15, 0.2) is 11.6 Å². The molecule has 6 N–H and O–H groups in total. The number of Topliss-reactive ketones (excluding diaryl/α,β-unsaturated/α-hetero) is 2. The molecule has 0 bridgehead atoms. The Bertz CT molecular complexity index is 3260. The summed E-state index contributed by atoms with van der Waals surface area (Å²) in [4.78, 5) is 27.0. The van der Waals surface area contributed by atoms with Crippen LogP contribution in [0.15, 0.2) is 146 Å². The summed E-state index contributed by atoms with van der Waals surface area (Å²) in [5, 5.41) is 35.0. The first kappa shape index (κ1) is 52.6. The summed E-state index contributed by atoms with van der Waals surface area (Å²) < 4.78 is 33.3. The van der Waals surface area contributed by atoms with Crippen molar-refractivity contribution in [3.05, 3.63) is 236 Å². The molecule has 2 saturated carbocycles. The molecular formula is C62H60F2N10O2. The van der Waals surface area contributed by atoms with Crippen molar-refractivity contribution in [3.8, 4) is 23.5 Å². The van der Waals surface area contributed by atoms with Gasteiger partial charge in [-0.15, -0.1) is 0 Å². The number of hydrogen-bond donors (Lipinski definition) is 4. The summed E-state index contributed by atoms with van der Waals surface area (Å²) in [6.07, 6.45) is 4.58. The first-order valence-electron chi connectivity index (χ1n) is 25.7. The fourth-order valence-corrected chi connectivity index (χ4v) is 9.41. The molecule has 0 amide bonds. The fourth-order valence-electron chi connectivity index (χ4n) is 9.41. The largest absolute Gasteiger partial charge is 0.326 e. The molecule has 0 spiro atoms. The van der Waals surface area contributed by atoms with E-state index in [1.807, 2.05) is 98.8 Å². The molecular weight excluding hydrogens is 955 g/mol. The molecule has 2 fully saturated rings. The van der Waals surface area contributed by atoms with Crippen molar-refractivity contribution in [2.75, 3.05) is 13.1 Å². The van der Waals surface area contributed by atoms with E-state index in [4.69, 9.17) is 11.5 Å². The highest BCUT2D eigenvalue weighted by Crippen LogP contribution is 2.33. The summed E-state index contributed by atoms with van der Waals surface area (Å²) in [6, 6.07) is 47.3. The molecule has 2 aliphatic rings. The Balaban J connectivity index is 0.000000186. The number of carbonyl (C=O) groups is 2. The number of nitrogens with two attached hydrogens (primary N) is 2. The minimum Gasteiger partial charge on any atom is -0.326 e. The molecule has 384 valence electrons. The number of benzene rings is 6. The predicted octanol–water partition coefficient (Wildman–Crippen LogP) is 10.3. The van der Waals surface area contributed by atoms with Crippen LogP contribution in [-0.4, -0.2) is 44.2 Å². The van der Waals surface area contributed by atoms with Crippen LogP contribution in [0, 0.1) is 60.0 Å². The van der Waals surface area contributed by atoms with Gasteiger partial charge in [-0.25, -0.2) is 18.1 Å². The maximum absolute atomic E-state index is 15.0. The number of nitriles is 2. The number of aryl methyl sites for hydroxylation is 2. The topological polar surface area (TPSA) is 193 Å². The van der Waals surface area contributed by atoms with E-state index < -0.39 is 11.6 Å². The quantitative estimate of drug-likeness (QED) is 0.0534. The Morgan fingerprint density at radius 3 is 1.34 bits per heavy atom. The summed E-state index contributed by atoms with van der Waals surface area (Å²) in [5.41, 5.74) is 22.5. The SMILES string of the molecule is Cc1cc(C(=O)Cc2cc(C(NCC3CC3)c3cccc(C#N)c3)ccc2F)n(-c2cccc(CN)c2)n1.Cc1cc(C(=O)Cc2cc([C@H](NCC3CC3)c3cccc(C#N)c3)ccc2F)n(-c2cccc(CN)c2)n1. The lowest BCUT2D eigenvalue weighted by molar-refractivity contribution is 0.0976. The molecule has 8 aromatic rings. The molecule has 1 unspecified atom stereocenters. The maximum Gasteiger partial charge on any atom is 0.185 e. The minimum atomic E-state index is -0.429. The van der Waals surface area contributed by atoms with Gasteiger partial charge in [0.2, 0.25) is 0 Å². The van der Waals surface area contributed by atoms with Crippen LogP contribution in [0.3, 0.4) is 0 Å². The van der Waals surface area contributed by atoms with Crippen LogP contribution in [0.25, 0.3) is 11.4 Å². The average molecular weight is 1020 g/mol. The van der Waals surface area contributed by atoms with Crippen LogP contribution < -0.4 is 22.1 Å². The number of halogens is 2. The van der Waals surface area contributed by atoms with Crippen LogP contribution in [-0.2, 0) is 25.9 Å². The van der Waals surface area contributed by atoms with E-state index in [0.29, 0.717) is 70.0 Å². The third-order valence-electron chi connectivity index (χ3n) is 13.8. The highest BCUT2D eigenvalue weighted by Gasteiger charge is 2.27. The van der Waals surface area contributed by atoms with Gasteiger partial charge in [-0.3, -0.25) is 9.59 Å². The number of rotatable bonds is 20. The van der Waals surface area contributed by atoms with Crippen molar-refractivity contribution in [3.63, 3.8) is 0 Å². The van der Waals surface area contributed by atoms with Gasteiger partial charge in [-0.2, -0.15) is 20.7 Å². The molecule has 2 heterocycles. The lowest BCUT2D eigenvalue weighted by Crippen LogP contribution is -2.25. The van der Waals surface area contributed by atoms with E-state index in [9.17, 15) is 20.1 Å². The van der Waals surface area contributed by atoms with E-state index in [0.717, 1.165) is 57.8 Å². The van der Waals surface area contributed by atoms with Crippen molar-refractivity contribution in [1.29, 1.82) is 10.5 Å². The lowest BCUT2D eigenvalue weighted by Gasteiger charge is -2.21. The highest BCUT2D eigenvalue weighted by molar-refractivity contribution is 5.97. The number of aromatic nitrogens is 4. The molecule has 10 rings (SSSR count). The first-order valence-corrected chi connectivity index (χ1v) is 25.7. The third kappa shape index (κ3) is 13.0. The number of nitrogens with zero attached hydrogens (tertiary/aromatic N) is 6. The summed E-state index contributed by atoms with van der Waals surface area (Å²) in [7, 11) is 0. The standard InChI is InChI=1S/2C31H30FN5O/c2*1-20-12-29(37(36-20)27-7-3-5-23(14-27)18-34)30(38)16-26-15-25(10-11-28(26)32)31(35-19-21-8-9-21)24-6-2-4-22(13-24)17-33/h2*2-7,10-15,21,31,35H,8-9,16,18-19,34H2,1H3/t31-;/m1./s1. The predicted molar refractivity (Wildman–Crippen MR) is 289 cm³/mol. The molecule has 12 nitrogen and oxygen atoms in total. The van der Waals surface area contributed by atoms with Crippen LogP contribution >= 0.6 is 0 Å². The lowest BCUT2D eigenvalue weighted by atomic mass is 9.94. The second kappa shape index (κ2) is 24.0. The molecule has 6 aromatic carbocycles. The second-order valence-corrected chi connectivity index (χ2v) is 19.9. The van der Waals surface area contributed by atoms with Crippen molar-refractivity contribution < 1.29 is 18.4 Å². The zero-order chi connectivity index (χ0) is 53.3. The zero-order valence-electron chi connectivity index (χ0n) is 42.6. The molecule has 0 saturated heterocycles. The second-order valence-electron chi connectivity index (χ2n) is 19.9. The Morgan fingerprint density at radius 2 is 0.961 bits per heavy atom. The van der Waals surface area contributed by atoms with Gasteiger partial charge in [-0.05, 0) is 182 Å². The fraction of sp³-hybridized carbons (Fsp3) is 0.258. The van der Waals surface area contributed by atoms with Gasteiger partial charge >= 0.3 is 0 Å². The van der Waals surface area contributed by atoms with Crippen LogP contribution in [0.4, 0.5) is 8.78 Å². The van der Waals surface area contributed by atoms with Crippen LogP contribution in [0.1, 0.15) is 126 Å². The van der Waals surface area contributed by atoms with Crippen LogP contribution in [0.2, 0.25) is 0 Å². The smallest absolute Gasteiger partial charge is 0.185 e. The first-order chi connectivity index (χ1) is 36.9.